The second-order valence-electron chi connectivity index (χ2n) is 3.61. The van der Waals surface area contributed by atoms with E-state index < -0.39 is 0 Å². The molecule has 0 bridgehead atoms. The molecule has 3 atom stereocenters. The first-order valence-corrected chi connectivity index (χ1v) is 4.42. The summed E-state index contributed by atoms with van der Waals surface area (Å²) >= 11 is 0. The van der Waals surface area contributed by atoms with Crippen LogP contribution in [0.5, 0.6) is 0 Å². The van der Waals surface area contributed by atoms with E-state index in [1.54, 1.807) is 0 Å². The molecule has 0 heterocycles. The fourth-order valence-corrected chi connectivity index (χ4v) is 2.04. The van der Waals surface area contributed by atoms with Gasteiger partial charge in [-0.05, 0) is 31.1 Å². The van der Waals surface area contributed by atoms with E-state index in [9.17, 15) is 5.11 Å². The first-order chi connectivity index (χ1) is 4.74. The van der Waals surface area contributed by atoms with Gasteiger partial charge in [0.05, 0.1) is 6.10 Å². The second kappa shape index (κ2) is 3.38. The van der Waals surface area contributed by atoms with Crippen molar-refractivity contribution < 1.29 is 5.11 Å². The van der Waals surface area contributed by atoms with Crippen LogP contribution in [0.3, 0.4) is 0 Å². The summed E-state index contributed by atoms with van der Waals surface area (Å²) in [7, 11) is 0. The molecule has 2 unspecified atom stereocenters. The molecule has 60 valence electrons. The van der Waals surface area contributed by atoms with Gasteiger partial charge in [-0.3, -0.25) is 0 Å². The zero-order chi connectivity index (χ0) is 7.56. The normalized spacial score (nSPS) is 41.7. The van der Waals surface area contributed by atoms with Gasteiger partial charge in [0.15, 0.2) is 0 Å². The van der Waals surface area contributed by atoms with Crippen LogP contribution in [0.4, 0.5) is 0 Å². The zero-order valence-electron chi connectivity index (χ0n) is 7.01. The van der Waals surface area contributed by atoms with Crippen LogP contribution in [0, 0.1) is 11.8 Å². The maximum atomic E-state index is 9.29. The van der Waals surface area contributed by atoms with Crippen LogP contribution < -0.4 is 0 Å². The highest BCUT2D eigenvalue weighted by Gasteiger charge is 2.24. The Balaban J connectivity index is 2.36. The molecule has 0 saturated heterocycles. The molecule has 0 amide bonds. The maximum Gasteiger partial charge on any atom is 0.0543 e. The molecular weight excluding hydrogens is 124 g/mol. The Morgan fingerprint density at radius 2 is 2.10 bits per heavy atom. The molecule has 1 fully saturated rings. The van der Waals surface area contributed by atoms with Crippen molar-refractivity contribution in [1.29, 1.82) is 0 Å². The molecule has 1 aliphatic carbocycles. The van der Waals surface area contributed by atoms with Crippen molar-refractivity contribution in [2.45, 2.75) is 45.6 Å². The van der Waals surface area contributed by atoms with E-state index in [-0.39, 0.29) is 6.10 Å². The van der Waals surface area contributed by atoms with Gasteiger partial charge in [0.2, 0.25) is 0 Å². The molecule has 1 nitrogen and oxygen atoms in total. The van der Waals surface area contributed by atoms with Crippen LogP contribution in [0.2, 0.25) is 0 Å². The van der Waals surface area contributed by atoms with Crippen molar-refractivity contribution in [2.24, 2.45) is 11.8 Å². The summed E-state index contributed by atoms with van der Waals surface area (Å²) in [6.07, 6.45) is 4.58. The van der Waals surface area contributed by atoms with Crippen molar-refractivity contribution in [3.63, 3.8) is 0 Å². The third kappa shape index (κ3) is 1.72. The summed E-state index contributed by atoms with van der Waals surface area (Å²) in [4.78, 5) is 0. The summed E-state index contributed by atoms with van der Waals surface area (Å²) in [5.41, 5.74) is 0. The van der Waals surface area contributed by atoms with Crippen LogP contribution in [0.25, 0.3) is 0 Å². The van der Waals surface area contributed by atoms with Gasteiger partial charge in [-0.15, -0.1) is 0 Å². The lowest BCUT2D eigenvalue weighted by Gasteiger charge is -2.30. The number of rotatable bonds is 1. The Labute approximate surface area is 63.4 Å². The summed E-state index contributed by atoms with van der Waals surface area (Å²) in [6.45, 7) is 4.51. The predicted molar refractivity (Wildman–Crippen MR) is 42.8 cm³/mol. The first kappa shape index (κ1) is 8.06. The third-order valence-corrected chi connectivity index (χ3v) is 2.84. The summed E-state index contributed by atoms with van der Waals surface area (Å²) in [5, 5.41) is 9.29. The van der Waals surface area contributed by atoms with Gasteiger partial charge in [-0.1, -0.05) is 20.3 Å². The van der Waals surface area contributed by atoms with E-state index in [1.165, 1.54) is 12.8 Å². The van der Waals surface area contributed by atoms with E-state index >= 15 is 0 Å². The monoisotopic (exact) mass is 142 g/mol. The minimum absolute atomic E-state index is 0.00204. The largest absolute Gasteiger partial charge is 0.393 e. The summed E-state index contributed by atoms with van der Waals surface area (Å²) in [6, 6.07) is 0. The predicted octanol–water partition coefficient (Wildman–Crippen LogP) is 2.19. The first-order valence-electron chi connectivity index (χ1n) is 4.42. The van der Waals surface area contributed by atoms with Gasteiger partial charge in [0, 0.05) is 0 Å². The molecule has 0 spiro atoms. The van der Waals surface area contributed by atoms with Gasteiger partial charge in [0.25, 0.3) is 0 Å². The summed E-state index contributed by atoms with van der Waals surface area (Å²) in [5.74, 6) is 1.62. The van der Waals surface area contributed by atoms with Crippen LogP contribution >= 0.6 is 0 Å². The van der Waals surface area contributed by atoms with Crippen molar-refractivity contribution >= 4 is 0 Å². The van der Waals surface area contributed by atoms with Gasteiger partial charge < -0.3 is 5.11 Å². The third-order valence-electron chi connectivity index (χ3n) is 2.84. The van der Waals surface area contributed by atoms with Gasteiger partial charge in [-0.25, -0.2) is 0 Å². The average Bonchev–Trinajstić information content (AvgIpc) is 1.88. The molecule has 1 rings (SSSR count). The lowest BCUT2D eigenvalue weighted by atomic mass is 9.78. The molecule has 0 aliphatic heterocycles. The Morgan fingerprint density at radius 1 is 1.40 bits per heavy atom. The van der Waals surface area contributed by atoms with E-state index in [4.69, 9.17) is 0 Å². The summed E-state index contributed by atoms with van der Waals surface area (Å²) < 4.78 is 0. The molecular formula is C9H18O. The smallest absolute Gasteiger partial charge is 0.0543 e. The minimum Gasteiger partial charge on any atom is -0.393 e. The second-order valence-corrected chi connectivity index (χ2v) is 3.61. The Hall–Kier alpha value is -0.0400. The van der Waals surface area contributed by atoms with E-state index in [1.807, 2.05) is 0 Å². The fourth-order valence-electron chi connectivity index (χ4n) is 2.04. The Bertz CT molecular complexity index is 101. The Morgan fingerprint density at radius 3 is 2.60 bits per heavy atom. The van der Waals surface area contributed by atoms with Crippen LogP contribution in [0.15, 0.2) is 0 Å². The van der Waals surface area contributed by atoms with E-state index in [2.05, 4.69) is 13.8 Å². The number of aliphatic hydroxyl groups is 1. The van der Waals surface area contributed by atoms with Crippen LogP contribution in [-0.4, -0.2) is 11.2 Å². The molecule has 0 aromatic rings. The molecule has 0 aromatic carbocycles. The standard InChI is InChI=1S/C9H18O/c1-3-8-4-5-9(10)6-7(8)2/h7-10H,3-6H2,1-2H3/t7?,8-,9?/m0/s1. The molecule has 0 aromatic heterocycles. The zero-order valence-corrected chi connectivity index (χ0v) is 7.01. The number of hydrogen-bond donors (Lipinski definition) is 1. The maximum absolute atomic E-state index is 9.29. The van der Waals surface area contributed by atoms with Crippen molar-refractivity contribution in [3.05, 3.63) is 0 Å². The SMILES string of the molecule is CC[C@H]1CCC(O)CC1C. The molecule has 0 radical (unpaired) electrons. The highest BCUT2D eigenvalue weighted by atomic mass is 16.3. The van der Waals surface area contributed by atoms with E-state index in [0.29, 0.717) is 0 Å². The van der Waals surface area contributed by atoms with Gasteiger partial charge >= 0.3 is 0 Å². The molecule has 1 N–H and O–H groups in total. The fraction of sp³-hybridized carbons (Fsp3) is 1.00. The Kier molecular flexibility index (Phi) is 2.72. The lowest BCUT2D eigenvalue weighted by molar-refractivity contribution is 0.0740. The van der Waals surface area contributed by atoms with Crippen molar-refractivity contribution in [2.75, 3.05) is 0 Å². The highest BCUT2D eigenvalue weighted by Crippen LogP contribution is 2.31. The van der Waals surface area contributed by atoms with Crippen LogP contribution in [-0.2, 0) is 0 Å². The van der Waals surface area contributed by atoms with Gasteiger partial charge in [0.1, 0.15) is 0 Å². The molecule has 1 heteroatoms. The van der Waals surface area contributed by atoms with E-state index in [0.717, 1.165) is 24.7 Å². The molecule has 1 aliphatic rings. The highest BCUT2D eigenvalue weighted by molar-refractivity contribution is 4.75. The van der Waals surface area contributed by atoms with Crippen molar-refractivity contribution in [1.82, 2.24) is 0 Å². The topological polar surface area (TPSA) is 20.2 Å². The molecule has 10 heavy (non-hydrogen) atoms. The number of aliphatic hydroxyl groups excluding tert-OH is 1. The lowest BCUT2D eigenvalue weighted by Crippen LogP contribution is -2.25. The van der Waals surface area contributed by atoms with Gasteiger partial charge in [-0.2, -0.15) is 0 Å². The average molecular weight is 142 g/mol. The number of hydrogen-bond acceptors (Lipinski definition) is 1. The van der Waals surface area contributed by atoms with Crippen LogP contribution in [0.1, 0.15) is 39.5 Å². The molecule has 1 saturated carbocycles. The quantitative estimate of drug-likeness (QED) is 0.595. The minimum atomic E-state index is -0.00204. The van der Waals surface area contributed by atoms with Crippen molar-refractivity contribution in [3.8, 4) is 0 Å².